The van der Waals surface area contributed by atoms with Gasteiger partial charge in [0.25, 0.3) is 0 Å². The Balaban J connectivity index is 2.07. The number of benzene rings is 1. The van der Waals surface area contributed by atoms with Crippen molar-refractivity contribution < 1.29 is 13.9 Å². The second-order valence-electron chi connectivity index (χ2n) is 3.79. The summed E-state index contributed by atoms with van der Waals surface area (Å²) < 4.78 is 18.4. The molecule has 1 aromatic rings. The van der Waals surface area contributed by atoms with E-state index in [1.54, 1.807) is 0 Å². The van der Waals surface area contributed by atoms with Gasteiger partial charge in [0, 0.05) is 12.3 Å². The average molecular weight is 224 g/mol. The molecule has 3 N–H and O–H groups in total. The van der Waals surface area contributed by atoms with Gasteiger partial charge in [-0.15, -0.1) is 0 Å². The van der Waals surface area contributed by atoms with Gasteiger partial charge in [-0.25, -0.2) is 4.39 Å². The third kappa shape index (κ3) is 2.30. The predicted octanol–water partition coefficient (Wildman–Crippen LogP) is 1.38. The molecule has 1 saturated heterocycles. The summed E-state index contributed by atoms with van der Waals surface area (Å²) in [6, 6.07) is 4.09. The molecule has 0 saturated carbocycles. The van der Waals surface area contributed by atoms with Crippen LogP contribution in [0.2, 0.25) is 0 Å². The molecule has 1 unspecified atom stereocenters. The number of anilines is 2. The van der Waals surface area contributed by atoms with Crippen LogP contribution in [-0.2, 0) is 9.53 Å². The Hall–Kier alpha value is -1.62. The first-order chi connectivity index (χ1) is 7.66. The smallest absolute Gasteiger partial charge is 0.229 e. The molecule has 1 amide bonds. The second-order valence-corrected chi connectivity index (χ2v) is 3.79. The van der Waals surface area contributed by atoms with Crippen molar-refractivity contribution in [3.05, 3.63) is 24.0 Å². The van der Waals surface area contributed by atoms with Gasteiger partial charge in [-0.05, 0) is 24.6 Å². The van der Waals surface area contributed by atoms with Crippen LogP contribution < -0.4 is 11.1 Å². The molecule has 86 valence electrons. The zero-order valence-electron chi connectivity index (χ0n) is 8.70. The summed E-state index contributed by atoms with van der Waals surface area (Å²) in [5.41, 5.74) is 6.05. The van der Waals surface area contributed by atoms with E-state index in [1.807, 2.05) is 0 Å². The van der Waals surface area contributed by atoms with Gasteiger partial charge in [-0.3, -0.25) is 4.79 Å². The van der Waals surface area contributed by atoms with Crippen molar-refractivity contribution in [3.63, 3.8) is 0 Å². The van der Waals surface area contributed by atoms with Crippen LogP contribution in [0.3, 0.4) is 0 Å². The quantitative estimate of drug-likeness (QED) is 0.746. The lowest BCUT2D eigenvalue weighted by atomic mass is 10.1. The topological polar surface area (TPSA) is 64.3 Å². The summed E-state index contributed by atoms with van der Waals surface area (Å²) in [7, 11) is 0. The van der Waals surface area contributed by atoms with Gasteiger partial charge in [0.15, 0.2) is 0 Å². The lowest BCUT2D eigenvalue weighted by Gasteiger charge is -2.10. The van der Waals surface area contributed by atoms with Gasteiger partial charge in [-0.2, -0.15) is 0 Å². The number of carbonyl (C=O) groups excluding carboxylic acids is 1. The molecule has 1 aromatic carbocycles. The number of nitrogen functional groups attached to an aromatic ring is 1. The Morgan fingerprint density at radius 2 is 2.38 bits per heavy atom. The molecule has 5 heteroatoms. The van der Waals surface area contributed by atoms with E-state index in [0.717, 1.165) is 0 Å². The van der Waals surface area contributed by atoms with E-state index >= 15 is 0 Å². The molecule has 0 radical (unpaired) electrons. The molecule has 0 aromatic heterocycles. The minimum absolute atomic E-state index is 0.122. The number of rotatable bonds is 2. The van der Waals surface area contributed by atoms with Crippen molar-refractivity contribution >= 4 is 17.3 Å². The number of amides is 1. The highest BCUT2D eigenvalue weighted by Gasteiger charge is 2.24. The molecule has 1 aliphatic rings. The average Bonchev–Trinajstić information content (AvgIpc) is 2.76. The molecule has 1 heterocycles. The van der Waals surface area contributed by atoms with Crippen LogP contribution in [0.5, 0.6) is 0 Å². The number of hydrogen-bond acceptors (Lipinski definition) is 3. The minimum Gasteiger partial charge on any atom is -0.399 e. The van der Waals surface area contributed by atoms with Crippen molar-refractivity contribution in [2.24, 2.45) is 5.92 Å². The van der Waals surface area contributed by atoms with Gasteiger partial charge < -0.3 is 15.8 Å². The molecule has 1 aliphatic heterocycles. The molecular formula is C11H13FN2O2. The molecule has 1 fully saturated rings. The van der Waals surface area contributed by atoms with Gasteiger partial charge >= 0.3 is 0 Å². The largest absolute Gasteiger partial charge is 0.399 e. The summed E-state index contributed by atoms with van der Waals surface area (Å²) in [6.07, 6.45) is 0.676. The number of nitrogens with two attached hydrogens (primary N) is 1. The van der Waals surface area contributed by atoms with Crippen LogP contribution in [-0.4, -0.2) is 19.1 Å². The number of carbonyl (C=O) groups is 1. The first-order valence-corrected chi connectivity index (χ1v) is 5.10. The Morgan fingerprint density at radius 1 is 1.56 bits per heavy atom. The highest BCUT2D eigenvalue weighted by atomic mass is 19.1. The maximum Gasteiger partial charge on any atom is 0.229 e. The van der Waals surface area contributed by atoms with E-state index in [-0.39, 0.29) is 17.5 Å². The van der Waals surface area contributed by atoms with Crippen LogP contribution in [0.1, 0.15) is 6.42 Å². The molecular weight excluding hydrogens is 211 g/mol. The maximum absolute atomic E-state index is 13.3. The normalized spacial score (nSPS) is 19.7. The van der Waals surface area contributed by atoms with Crippen LogP contribution in [0, 0.1) is 11.7 Å². The first kappa shape index (κ1) is 10.9. The second kappa shape index (κ2) is 4.49. The van der Waals surface area contributed by atoms with Crippen LogP contribution >= 0.6 is 0 Å². The monoisotopic (exact) mass is 224 g/mol. The van der Waals surface area contributed by atoms with Crippen molar-refractivity contribution in [1.29, 1.82) is 0 Å². The van der Waals surface area contributed by atoms with Crippen LogP contribution in [0.4, 0.5) is 15.8 Å². The fourth-order valence-electron chi connectivity index (χ4n) is 1.61. The lowest BCUT2D eigenvalue weighted by Crippen LogP contribution is -2.23. The van der Waals surface area contributed by atoms with E-state index in [1.165, 1.54) is 18.2 Å². The number of halogens is 1. The summed E-state index contributed by atoms with van der Waals surface area (Å²) in [4.78, 5) is 11.7. The minimum atomic E-state index is -0.485. The van der Waals surface area contributed by atoms with Crippen molar-refractivity contribution in [3.8, 4) is 0 Å². The summed E-state index contributed by atoms with van der Waals surface area (Å²) in [5, 5.41) is 2.52. The Morgan fingerprint density at radius 3 is 3.06 bits per heavy atom. The molecule has 0 spiro atoms. The molecule has 16 heavy (non-hydrogen) atoms. The van der Waals surface area contributed by atoms with Crippen LogP contribution in [0.25, 0.3) is 0 Å². The lowest BCUT2D eigenvalue weighted by molar-refractivity contribution is -0.119. The van der Waals surface area contributed by atoms with Crippen molar-refractivity contribution in [2.45, 2.75) is 6.42 Å². The number of ether oxygens (including phenoxy) is 1. The predicted molar refractivity (Wildman–Crippen MR) is 58.4 cm³/mol. The van der Waals surface area contributed by atoms with Gasteiger partial charge in [0.1, 0.15) is 5.82 Å². The Kier molecular flexibility index (Phi) is 3.05. The highest BCUT2D eigenvalue weighted by molar-refractivity contribution is 5.93. The van der Waals surface area contributed by atoms with Gasteiger partial charge in [-0.1, -0.05) is 0 Å². The highest BCUT2D eigenvalue weighted by Crippen LogP contribution is 2.20. The maximum atomic E-state index is 13.3. The van der Waals surface area contributed by atoms with Gasteiger partial charge in [0.2, 0.25) is 5.91 Å². The molecule has 1 atom stereocenters. The molecule has 0 bridgehead atoms. The third-order valence-electron chi connectivity index (χ3n) is 2.55. The summed E-state index contributed by atoms with van der Waals surface area (Å²) in [5.74, 6) is -0.899. The molecule has 0 aliphatic carbocycles. The standard InChI is InChI=1S/C11H13FN2O2/c12-9-2-1-8(13)5-10(9)14-11(15)7-3-4-16-6-7/h1-2,5,7H,3-4,6,13H2,(H,14,15). The van der Waals surface area contributed by atoms with E-state index < -0.39 is 5.82 Å². The van der Waals surface area contributed by atoms with E-state index in [0.29, 0.717) is 25.3 Å². The van der Waals surface area contributed by atoms with E-state index in [4.69, 9.17) is 10.5 Å². The molecule has 2 rings (SSSR count). The van der Waals surface area contributed by atoms with Gasteiger partial charge in [0.05, 0.1) is 18.2 Å². The van der Waals surface area contributed by atoms with Crippen molar-refractivity contribution in [2.75, 3.05) is 24.3 Å². The Bertz CT molecular complexity index is 403. The fourth-order valence-corrected chi connectivity index (χ4v) is 1.61. The summed E-state index contributed by atoms with van der Waals surface area (Å²) in [6.45, 7) is 0.979. The van der Waals surface area contributed by atoms with E-state index in [9.17, 15) is 9.18 Å². The third-order valence-corrected chi connectivity index (χ3v) is 2.55. The SMILES string of the molecule is Nc1ccc(F)c(NC(=O)C2CCOC2)c1. The van der Waals surface area contributed by atoms with Crippen molar-refractivity contribution in [1.82, 2.24) is 0 Å². The van der Waals surface area contributed by atoms with E-state index in [2.05, 4.69) is 5.32 Å². The molecule has 4 nitrogen and oxygen atoms in total. The number of hydrogen-bond donors (Lipinski definition) is 2. The first-order valence-electron chi connectivity index (χ1n) is 5.10. The Labute approximate surface area is 92.6 Å². The fraction of sp³-hybridized carbons (Fsp3) is 0.364. The number of nitrogens with one attached hydrogen (secondary N) is 1. The summed E-state index contributed by atoms with van der Waals surface area (Å²) >= 11 is 0. The van der Waals surface area contributed by atoms with Crippen LogP contribution in [0.15, 0.2) is 18.2 Å². The zero-order chi connectivity index (χ0) is 11.5. The zero-order valence-corrected chi connectivity index (χ0v) is 8.70.